The van der Waals surface area contributed by atoms with Crippen molar-refractivity contribution in [3.8, 4) is 6.07 Å². The Kier molecular flexibility index (Phi) is 6.00. The number of amides is 3. The summed E-state index contributed by atoms with van der Waals surface area (Å²) < 4.78 is 5.06. The summed E-state index contributed by atoms with van der Waals surface area (Å²) in [4.78, 5) is 50.4. The van der Waals surface area contributed by atoms with Gasteiger partial charge in [0, 0.05) is 18.5 Å². The normalized spacial score (nSPS) is 13.1. The van der Waals surface area contributed by atoms with Gasteiger partial charge in [-0.2, -0.15) is 5.26 Å². The number of ether oxygens (including phenoxy) is 1. The number of hydrogen-bond acceptors (Lipinski definition) is 6. The maximum Gasteiger partial charge on any atom is 0.338 e. The average Bonchev–Trinajstić information content (AvgIpc) is 3.08. The van der Waals surface area contributed by atoms with Crippen LogP contribution in [0.25, 0.3) is 0 Å². The zero-order chi connectivity index (χ0) is 20.8. The predicted molar refractivity (Wildman–Crippen MR) is 103 cm³/mol. The Bertz CT molecular complexity index is 964. The molecule has 8 nitrogen and oxygen atoms in total. The number of anilines is 2. The summed E-state index contributed by atoms with van der Waals surface area (Å²) >= 11 is 0. The van der Waals surface area contributed by atoms with E-state index in [1.165, 1.54) is 29.2 Å². The van der Waals surface area contributed by atoms with Crippen molar-refractivity contribution in [3.05, 3.63) is 60.2 Å². The molecule has 0 atom stereocenters. The SMILES string of the molecule is N#CCN(C(=O)COC(=O)c1ccc(N2C(=O)CCC2=O)cc1)c1ccccc1. The number of nitriles is 1. The first-order chi connectivity index (χ1) is 14.0. The number of carbonyl (C=O) groups is 4. The maximum absolute atomic E-state index is 12.4. The molecule has 0 saturated carbocycles. The van der Waals surface area contributed by atoms with E-state index in [-0.39, 0.29) is 36.8 Å². The van der Waals surface area contributed by atoms with Crippen molar-refractivity contribution in [1.82, 2.24) is 0 Å². The van der Waals surface area contributed by atoms with E-state index in [9.17, 15) is 19.2 Å². The second kappa shape index (κ2) is 8.80. The van der Waals surface area contributed by atoms with Gasteiger partial charge in [0.2, 0.25) is 11.8 Å². The van der Waals surface area contributed by atoms with Crippen LogP contribution < -0.4 is 9.80 Å². The molecule has 0 aromatic heterocycles. The Morgan fingerprint density at radius 2 is 1.62 bits per heavy atom. The Hall–Kier alpha value is -3.99. The molecule has 0 bridgehead atoms. The van der Waals surface area contributed by atoms with Crippen molar-refractivity contribution in [2.75, 3.05) is 23.0 Å². The van der Waals surface area contributed by atoms with Crippen LogP contribution in [0.15, 0.2) is 54.6 Å². The molecule has 1 fully saturated rings. The highest BCUT2D eigenvalue weighted by molar-refractivity contribution is 6.19. The molecule has 0 aliphatic carbocycles. The van der Waals surface area contributed by atoms with Gasteiger partial charge in [-0.25, -0.2) is 4.79 Å². The quantitative estimate of drug-likeness (QED) is 0.424. The molecule has 0 N–H and O–H groups in total. The number of para-hydroxylation sites is 1. The van der Waals surface area contributed by atoms with Gasteiger partial charge in [0.05, 0.1) is 17.3 Å². The molecule has 8 heteroatoms. The van der Waals surface area contributed by atoms with Crippen LogP contribution in [-0.4, -0.2) is 36.8 Å². The Balaban J connectivity index is 1.63. The second-order valence-corrected chi connectivity index (χ2v) is 6.22. The number of carbonyl (C=O) groups excluding carboxylic acids is 4. The standard InChI is InChI=1S/C21H17N3O5/c22-12-13-23(16-4-2-1-3-5-16)20(27)14-29-21(28)15-6-8-17(9-7-15)24-18(25)10-11-19(24)26/h1-9H,10-11,13-14H2. The van der Waals surface area contributed by atoms with Gasteiger partial charge in [0.1, 0.15) is 6.54 Å². The van der Waals surface area contributed by atoms with E-state index in [2.05, 4.69) is 0 Å². The lowest BCUT2D eigenvalue weighted by Crippen LogP contribution is -2.35. The highest BCUT2D eigenvalue weighted by Gasteiger charge is 2.30. The van der Waals surface area contributed by atoms with Crippen molar-refractivity contribution in [1.29, 1.82) is 5.26 Å². The molecule has 3 amide bonds. The zero-order valence-electron chi connectivity index (χ0n) is 15.4. The van der Waals surface area contributed by atoms with Crippen molar-refractivity contribution < 1.29 is 23.9 Å². The summed E-state index contributed by atoms with van der Waals surface area (Å²) in [6.07, 6.45) is 0.344. The van der Waals surface area contributed by atoms with Crippen LogP contribution in [0.3, 0.4) is 0 Å². The van der Waals surface area contributed by atoms with Crippen LogP contribution in [0.5, 0.6) is 0 Å². The first kappa shape index (κ1) is 19.8. The molecule has 0 radical (unpaired) electrons. The van der Waals surface area contributed by atoms with Gasteiger partial charge in [-0.3, -0.25) is 24.2 Å². The molecule has 146 valence electrons. The molecule has 0 unspecified atom stereocenters. The summed E-state index contributed by atoms with van der Waals surface area (Å²) in [5.74, 6) is -1.83. The van der Waals surface area contributed by atoms with Crippen molar-refractivity contribution >= 4 is 35.1 Å². The fourth-order valence-corrected chi connectivity index (χ4v) is 2.90. The van der Waals surface area contributed by atoms with Gasteiger partial charge in [0.25, 0.3) is 5.91 Å². The number of esters is 1. The molecule has 1 heterocycles. The predicted octanol–water partition coefficient (Wildman–Crippen LogP) is 2.05. The smallest absolute Gasteiger partial charge is 0.338 e. The van der Waals surface area contributed by atoms with Crippen LogP contribution in [-0.2, 0) is 19.1 Å². The molecule has 2 aromatic carbocycles. The summed E-state index contributed by atoms with van der Waals surface area (Å²) in [5, 5.41) is 8.95. The molecule has 29 heavy (non-hydrogen) atoms. The largest absolute Gasteiger partial charge is 0.452 e. The minimum Gasteiger partial charge on any atom is -0.452 e. The van der Waals surface area contributed by atoms with Gasteiger partial charge in [-0.1, -0.05) is 18.2 Å². The number of imide groups is 1. The summed E-state index contributed by atoms with van der Waals surface area (Å²) in [7, 11) is 0. The summed E-state index contributed by atoms with van der Waals surface area (Å²) in [6, 6.07) is 16.3. The first-order valence-corrected chi connectivity index (χ1v) is 8.86. The van der Waals surface area contributed by atoms with Crippen molar-refractivity contribution in [2.45, 2.75) is 12.8 Å². The van der Waals surface area contributed by atoms with E-state index in [1.807, 2.05) is 6.07 Å². The fraction of sp³-hybridized carbons (Fsp3) is 0.190. The lowest BCUT2D eigenvalue weighted by atomic mass is 10.2. The molecule has 2 aromatic rings. The van der Waals surface area contributed by atoms with Crippen LogP contribution in [0, 0.1) is 11.3 Å². The first-order valence-electron chi connectivity index (χ1n) is 8.86. The van der Waals surface area contributed by atoms with Crippen LogP contribution in [0.2, 0.25) is 0 Å². The Labute approximate surface area is 166 Å². The number of rotatable bonds is 6. The molecule has 1 aliphatic rings. The molecule has 1 aliphatic heterocycles. The topological polar surface area (TPSA) is 108 Å². The lowest BCUT2D eigenvalue weighted by Gasteiger charge is -2.19. The van der Waals surface area contributed by atoms with Gasteiger partial charge in [-0.15, -0.1) is 0 Å². The van der Waals surface area contributed by atoms with Gasteiger partial charge < -0.3 is 4.74 Å². The zero-order valence-corrected chi connectivity index (χ0v) is 15.4. The fourth-order valence-electron chi connectivity index (χ4n) is 2.90. The minimum absolute atomic E-state index is 0.172. The Morgan fingerprint density at radius 1 is 1.00 bits per heavy atom. The van der Waals surface area contributed by atoms with E-state index >= 15 is 0 Å². The second-order valence-electron chi connectivity index (χ2n) is 6.22. The minimum atomic E-state index is -0.728. The number of hydrogen-bond donors (Lipinski definition) is 0. The monoisotopic (exact) mass is 391 g/mol. The average molecular weight is 391 g/mol. The molecular weight excluding hydrogens is 374 g/mol. The van der Waals surface area contributed by atoms with E-state index < -0.39 is 18.5 Å². The van der Waals surface area contributed by atoms with E-state index in [0.717, 1.165) is 4.90 Å². The van der Waals surface area contributed by atoms with E-state index in [1.54, 1.807) is 30.3 Å². The van der Waals surface area contributed by atoms with Crippen molar-refractivity contribution in [3.63, 3.8) is 0 Å². The van der Waals surface area contributed by atoms with Crippen LogP contribution in [0.1, 0.15) is 23.2 Å². The molecule has 1 saturated heterocycles. The lowest BCUT2D eigenvalue weighted by molar-refractivity contribution is -0.122. The van der Waals surface area contributed by atoms with Gasteiger partial charge in [-0.05, 0) is 36.4 Å². The van der Waals surface area contributed by atoms with Crippen LogP contribution in [0.4, 0.5) is 11.4 Å². The van der Waals surface area contributed by atoms with E-state index in [0.29, 0.717) is 11.4 Å². The van der Waals surface area contributed by atoms with E-state index in [4.69, 9.17) is 10.00 Å². The maximum atomic E-state index is 12.4. The number of nitrogens with zero attached hydrogens (tertiary/aromatic N) is 3. The van der Waals surface area contributed by atoms with Crippen molar-refractivity contribution in [2.24, 2.45) is 0 Å². The van der Waals surface area contributed by atoms with Gasteiger partial charge >= 0.3 is 5.97 Å². The summed E-state index contributed by atoms with van der Waals surface area (Å²) in [5.41, 5.74) is 1.08. The third kappa shape index (κ3) is 4.47. The number of benzene rings is 2. The molecule has 0 spiro atoms. The summed E-state index contributed by atoms with van der Waals surface area (Å²) in [6.45, 7) is -0.701. The van der Waals surface area contributed by atoms with Gasteiger partial charge in [0.15, 0.2) is 6.61 Å². The third-order valence-electron chi connectivity index (χ3n) is 4.34. The highest BCUT2D eigenvalue weighted by atomic mass is 16.5. The third-order valence-corrected chi connectivity index (χ3v) is 4.34. The molecule has 3 rings (SSSR count). The molecular formula is C21H17N3O5. The van der Waals surface area contributed by atoms with Crippen LogP contribution >= 0.6 is 0 Å². The Morgan fingerprint density at radius 3 is 2.21 bits per heavy atom. The highest BCUT2D eigenvalue weighted by Crippen LogP contribution is 2.23.